The molecule has 0 aliphatic carbocycles. The number of alkyl halides is 3. The van der Waals surface area contributed by atoms with Crippen LogP contribution in [0.2, 0.25) is 0 Å². The summed E-state index contributed by atoms with van der Waals surface area (Å²) < 4.78 is 38.1. The molecule has 0 bridgehead atoms. The molecule has 0 unspecified atom stereocenters. The minimum absolute atomic E-state index is 0.218. The topological polar surface area (TPSA) is 66.0 Å². The maximum Gasteiger partial charge on any atom is 0.449 e. The van der Waals surface area contributed by atoms with Gasteiger partial charge in [0.05, 0.1) is 22.9 Å². The summed E-state index contributed by atoms with van der Waals surface area (Å²) in [5.41, 5.74) is 4.60. The molecule has 0 radical (unpaired) electrons. The number of hydrogen-bond acceptors (Lipinski definition) is 5. The van der Waals surface area contributed by atoms with Crippen LogP contribution in [0.15, 0.2) is 28.7 Å². The van der Waals surface area contributed by atoms with Crippen LogP contribution in [0, 0.1) is 6.92 Å². The highest BCUT2D eigenvalue weighted by atomic mass is 32.1. The number of fused-ring (bicyclic) bond motifs is 1. The van der Waals surface area contributed by atoms with Crippen LogP contribution in [0.1, 0.15) is 17.1 Å². The third kappa shape index (κ3) is 2.93. The van der Waals surface area contributed by atoms with E-state index in [1.165, 1.54) is 23.6 Å². The summed E-state index contributed by atoms with van der Waals surface area (Å²) in [6.45, 7) is 1.86. The van der Waals surface area contributed by atoms with Crippen molar-refractivity contribution in [3.8, 4) is 0 Å². The molecule has 22 heavy (non-hydrogen) atoms. The van der Waals surface area contributed by atoms with Gasteiger partial charge < -0.3 is 4.98 Å². The van der Waals surface area contributed by atoms with E-state index in [-0.39, 0.29) is 5.52 Å². The molecule has 0 fully saturated rings. The van der Waals surface area contributed by atoms with Gasteiger partial charge in [-0.05, 0) is 13.0 Å². The van der Waals surface area contributed by atoms with E-state index in [2.05, 4.69) is 25.5 Å². The smallest absolute Gasteiger partial charge is 0.334 e. The number of aryl methyl sites for hydroxylation is 1. The van der Waals surface area contributed by atoms with E-state index in [0.717, 1.165) is 5.69 Å². The average Bonchev–Trinajstić information content (AvgIpc) is 3.05. The lowest BCUT2D eigenvalue weighted by Crippen LogP contribution is -2.06. The van der Waals surface area contributed by atoms with Crippen molar-refractivity contribution in [2.24, 2.45) is 5.10 Å². The number of aromatic nitrogens is 3. The second-order valence-electron chi connectivity index (χ2n) is 4.49. The molecule has 114 valence electrons. The SMILES string of the molecule is Cc1csc(NN=Cc2cccc3[nH]c(C(F)(F)F)nc23)n1. The Hall–Kier alpha value is -2.42. The molecular weight excluding hydrogens is 315 g/mol. The lowest BCUT2D eigenvalue weighted by atomic mass is 10.2. The molecule has 2 heterocycles. The number of halogens is 3. The molecule has 0 atom stereocenters. The molecule has 9 heteroatoms. The van der Waals surface area contributed by atoms with Crippen LogP contribution in [0.5, 0.6) is 0 Å². The fraction of sp³-hybridized carbons (Fsp3) is 0.154. The van der Waals surface area contributed by atoms with E-state index in [1.54, 1.807) is 12.1 Å². The first-order chi connectivity index (χ1) is 10.4. The third-order valence-electron chi connectivity index (χ3n) is 2.80. The number of benzene rings is 1. The highest BCUT2D eigenvalue weighted by molar-refractivity contribution is 7.13. The number of hydrazone groups is 1. The van der Waals surface area contributed by atoms with Gasteiger partial charge in [0.25, 0.3) is 0 Å². The van der Waals surface area contributed by atoms with Crippen LogP contribution in [-0.2, 0) is 6.18 Å². The highest BCUT2D eigenvalue weighted by Crippen LogP contribution is 2.29. The summed E-state index contributed by atoms with van der Waals surface area (Å²) >= 11 is 1.39. The van der Waals surface area contributed by atoms with Crippen molar-refractivity contribution in [2.75, 3.05) is 5.43 Å². The standard InChI is InChI=1S/C13H10F3N5S/c1-7-6-22-12(18-7)21-17-5-8-3-2-4-9-10(8)20-11(19-9)13(14,15)16/h2-6H,1H3,(H,18,21)(H,19,20). The van der Waals surface area contributed by atoms with Crippen LogP contribution < -0.4 is 5.43 Å². The number of hydrogen-bond donors (Lipinski definition) is 2. The van der Waals surface area contributed by atoms with E-state index in [1.807, 2.05) is 12.3 Å². The number of para-hydroxylation sites is 1. The highest BCUT2D eigenvalue weighted by Gasteiger charge is 2.34. The fourth-order valence-electron chi connectivity index (χ4n) is 1.86. The van der Waals surface area contributed by atoms with Crippen molar-refractivity contribution in [3.05, 3.63) is 40.7 Å². The average molecular weight is 325 g/mol. The van der Waals surface area contributed by atoms with Gasteiger partial charge in [0.2, 0.25) is 11.0 Å². The second-order valence-corrected chi connectivity index (χ2v) is 5.35. The number of aromatic amines is 1. The van der Waals surface area contributed by atoms with Crippen LogP contribution in [0.3, 0.4) is 0 Å². The van der Waals surface area contributed by atoms with Gasteiger partial charge in [0.1, 0.15) is 0 Å². The summed E-state index contributed by atoms with van der Waals surface area (Å²) in [7, 11) is 0. The van der Waals surface area contributed by atoms with E-state index < -0.39 is 12.0 Å². The number of rotatable bonds is 3. The van der Waals surface area contributed by atoms with Gasteiger partial charge in [-0.2, -0.15) is 18.3 Å². The van der Waals surface area contributed by atoms with E-state index >= 15 is 0 Å². The fourth-order valence-corrected chi connectivity index (χ4v) is 2.49. The van der Waals surface area contributed by atoms with Crippen LogP contribution in [0.4, 0.5) is 18.3 Å². The van der Waals surface area contributed by atoms with Crippen molar-refractivity contribution in [3.63, 3.8) is 0 Å². The minimum Gasteiger partial charge on any atom is -0.334 e. The maximum atomic E-state index is 12.7. The van der Waals surface area contributed by atoms with Crippen molar-refractivity contribution in [1.82, 2.24) is 15.0 Å². The second kappa shape index (κ2) is 5.41. The van der Waals surface area contributed by atoms with Crippen LogP contribution in [-0.4, -0.2) is 21.2 Å². The third-order valence-corrected chi connectivity index (χ3v) is 3.66. The molecule has 0 saturated heterocycles. The molecule has 0 aliphatic heterocycles. The molecule has 1 aromatic carbocycles. The minimum atomic E-state index is -4.51. The monoisotopic (exact) mass is 325 g/mol. The number of H-pyrrole nitrogens is 1. The predicted molar refractivity (Wildman–Crippen MR) is 79.2 cm³/mol. The predicted octanol–water partition coefficient (Wildman–Crippen LogP) is 3.79. The Bertz CT molecular complexity index is 834. The molecular formula is C13H10F3N5S. The van der Waals surface area contributed by atoms with E-state index in [0.29, 0.717) is 16.2 Å². The number of anilines is 1. The lowest BCUT2D eigenvalue weighted by Gasteiger charge is -1.99. The van der Waals surface area contributed by atoms with Crippen molar-refractivity contribution in [1.29, 1.82) is 0 Å². The largest absolute Gasteiger partial charge is 0.449 e. The van der Waals surface area contributed by atoms with Gasteiger partial charge >= 0.3 is 6.18 Å². The van der Waals surface area contributed by atoms with Gasteiger partial charge in [0, 0.05) is 10.9 Å². The summed E-state index contributed by atoms with van der Waals surface area (Å²) in [5, 5.41) is 6.46. The molecule has 3 rings (SSSR count). The lowest BCUT2D eigenvalue weighted by molar-refractivity contribution is -0.144. The molecule has 0 amide bonds. The molecule has 0 saturated carbocycles. The summed E-state index contributed by atoms with van der Waals surface area (Å²) in [6.07, 6.45) is -3.09. The van der Waals surface area contributed by atoms with Gasteiger partial charge in [-0.15, -0.1) is 11.3 Å². The first-order valence-electron chi connectivity index (χ1n) is 6.20. The van der Waals surface area contributed by atoms with Crippen molar-refractivity contribution >= 4 is 33.7 Å². The number of nitrogens with one attached hydrogen (secondary N) is 2. The van der Waals surface area contributed by atoms with Crippen molar-refractivity contribution < 1.29 is 13.2 Å². The Morgan fingerprint density at radius 2 is 2.14 bits per heavy atom. The summed E-state index contributed by atoms with van der Waals surface area (Å²) in [4.78, 5) is 10.0. The Morgan fingerprint density at radius 3 is 2.82 bits per heavy atom. The summed E-state index contributed by atoms with van der Waals surface area (Å²) in [5.74, 6) is -1.02. The zero-order valence-corrected chi connectivity index (χ0v) is 12.1. The van der Waals surface area contributed by atoms with Crippen LogP contribution >= 0.6 is 11.3 Å². The Morgan fingerprint density at radius 1 is 1.32 bits per heavy atom. The number of thiazole rings is 1. The molecule has 0 spiro atoms. The Balaban J connectivity index is 1.88. The van der Waals surface area contributed by atoms with E-state index in [9.17, 15) is 13.2 Å². The molecule has 2 aromatic heterocycles. The van der Waals surface area contributed by atoms with E-state index in [4.69, 9.17) is 0 Å². The van der Waals surface area contributed by atoms with Crippen LogP contribution in [0.25, 0.3) is 11.0 Å². The molecule has 5 nitrogen and oxygen atoms in total. The first-order valence-corrected chi connectivity index (χ1v) is 7.08. The quantitative estimate of drug-likeness (QED) is 0.569. The Kier molecular flexibility index (Phi) is 3.57. The van der Waals surface area contributed by atoms with Crippen molar-refractivity contribution in [2.45, 2.75) is 13.1 Å². The van der Waals surface area contributed by atoms with Gasteiger partial charge in [-0.1, -0.05) is 12.1 Å². The number of imidazole rings is 1. The van der Waals surface area contributed by atoms with Gasteiger partial charge in [-0.3, -0.25) is 5.43 Å². The molecule has 3 aromatic rings. The Labute approximate surface area is 126 Å². The normalized spacial score (nSPS) is 12.4. The molecule has 2 N–H and O–H groups in total. The first kappa shape index (κ1) is 14.5. The summed E-state index contributed by atoms with van der Waals surface area (Å²) in [6, 6.07) is 4.81. The van der Waals surface area contributed by atoms with Gasteiger partial charge in [0.15, 0.2) is 0 Å². The van der Waals surface area contributed by atoms with Gasteiger partial charge in [-0.25, -0.2) is 9.97 Å². The maximum absolute atomic E-state index is 12.7. The zero-order chi connectivity index (χ0) is 15.7. The molecule has 0 aliphatic rings. The number of nitrogens with zero attached hydrogens (tertiary/aromatic N) is 3. The zero-order valence-electron chi connectivity index (χ0n) is 11.3.